The zero-order valence-corrected chi connectivity index (χ0v) is 14.0. The number of thiazole rings is 1. The van der Waals surface area contributed by atoms with Gasteiger partial charge in [0.2, 0.25) is 0 Å². The van der Waals surface area contributed by atoms with Crippen molar-refractivity contribution in [2.45, 2.75) is 44.3 Å². The number of nitrogens with two attached hydrogens (primary N) is 1. The van der Waals surface area contributed by atoms with Crippen LogP contribution in [-0.2, 0) is 12.7 Å². The average Bonchev–Trinajstić information content (AvgIpc) is 3.18. The molecule has 9 heteroatoms. The molecule has 1 aliphatic carbocycles. The van der Waals surface area contributed by atoms with Crippen molar-refractivity contribution in [3.63, 3.8) is 0 Å². The van der Waals surface area contributed by atoms with Crippen molar-refractivity contribution in [2.75, 3.05) is 0 Å². The van der Waals surface area contributed by atoms with Crippen LogP contribution in [0.4, 0.5) is 13.2 Å². The number of rotatable bonds is 4. The second kappa shape index (κ2) is 6.62. The third kappa shape index (κ3) is 3.60. The Balaban J connectivity index is 1.99. The Kier molecular flexibility index (Phi) is 4.68. The third-order valence-corrected chi connectivity index (χ3v) is 5.38. The summed E-state index contributed by atoms with van der Waals surface area (Å²) in [4.78, 5) is 28.0. The van der Waals surface area contributed by atoms with Crippen molar-refractivity contribution < 1.29 is 18.0 Å². The van der Waals surface area contributed by atoms with Gasteiger partial charge in [-0.1, -0.05) is 12.8 Å². The molecule has 2 aromatic rings. The maximum absolute atomic E-state index is 13.2. The summed E-state index contributed by atoms with van der Waals surface area (Å²) in [5, 5.41) is 2.55. The summed E-state index contributed by atoms with van der Waals surface area (Å²) in [6, 6.07) is 1.51. The lowest BCUT2D eigenvalue weighted by Crippen LogP contribution is -2.34. The molecule has 0 aromatic carbocycles. The zero-order valence-electron chi connectivity index (χ0n) is 13.2. The van der Waals surface area contributed by atoms with E-state index in [9.17, 15) is 22.8 Å². The molecule has 2 heterocycles. The minimum Gasteiger partial charge on any atom is -0.365 e. The number of hydrogen-bond acceptors (Lipinski definition) is 4. The molecule has 1 fully saturated rings. The van der Waals surface area contributed by atoms with Gasteiger partial charge in [-0.2, -0.15) is 13.2 Å². The first-order valence-corrected chi connectivity index (χ1v) is 8.70. The van der Waals surface area contributed by atoms with Gasteiger partial charge < -0.3 is 5.73 Å². The minimum absolute atomic E-state index is 0.342. The van der Waals surface area contributed by atoms with E-state index >= 15 is 0 Å². The Bertz CT molecular complexity index is 851. The molecule has 0 bridgehead atoms. The number of alkyl halides is 3. The van der Waals surface area contributed by atoms with Crippen molar-refractivity contribution in [3.05, 3.63) is 49.8 Å². The molecule has 0 aliphatic heterocycles. The van der Waals surface area contributed by atoms with Crippen LogP contribution in [-0.4, -0.2) is 15.5 Å². The maximum atomic E-state index is 13.2. The topological polar surface area (TPSA) is 78.0 Å². The molecule has 134 valence electrons. The van der Waals surface area contributed by atoms with E-state index in [4.69, 9.17) is 5.73 Å². The van der Waals surface area contributed by atoms with Crippen LogP contribution < -0.4 is 11.3 Å². The lowest BCUT2D eigenvalue weighted by Gasteiger charge is -2.15. The smallest absolute Gasteiger partial charge is 0.365 e. The predicted octanol–water partition coefficient (Wildman–Crippen LogP) is 3.13. The summed E-state index contributed by atoms with van der Waals surface area (Å²) in [6.45, 7) is -0.349. The van der Waals surface area contributed by atoms with Crippen LogP contribution in [0.3, 0.4) is 0 Å². The molecular formula is C16H16F3N3O2S. The fraction of sp³-hybridized carbons (Fsp3) is 0.438. The van der Waals surface area contributed by atoms with Crippen molar-refractivity contribution >= 4 is 17.2 Å². The van der Waals surface area contributed by atoms with Gasteiger partial charge >= 0.3 is 6.18 Å². The largest absolute Gasteiger partial charge is 0.431 e. The molecule has 2 aromatic heterocycles. The summed E-state index contributed by atoms with van der Waals surface area (Å²) < 4.78 is 40.2. The van der Waals surface area contributed by atoms with Gasteiger partial charge in [-0.3, -0.25) is 14.2 Å². The fourth-order valence-corrected chi connectivity index (χ4v) is 4.07. The summed E-state index contributed by atoms with van der Waals surface area (Å²) in [7, 11) is 0. The minimum atomic E-state index is -4.72. The van der Waals surface area contributed by atoms with Crippen LogP contribution in [0, 0.1) is 0 Å². The van der Waals surface area contributed by atoms with Gasteiger partial charge in [0, 0.05) is 11.3 Å². The molecule has 0 spiro atoms. The molecule has 0 radical (unpaired) electrons. The SMILES string of the molecule is NC(=O)c1ccc(C(F)(F)F)n(Cc2csc(C3CCCC3)n2)c1=O. The monoisotopic (exact) mass is 371 g/mol. The molecule has 0 saturated heterocycles. The van der Waals surface area contributed by atoms with E-state index < -0.39 is 28.9 Å². The molecule has 5 nitrogen and oxygen atoms in total. The van der Waals surface area contributed by atoms with Crippen LogP contribution in [0.1, 0.15) is 58.4 Å². The van der Waals surface area contributed by atoms with E-state index in [-0.39, 0.29) is 6.54 Å². The standard InChI is InChI=1S/C16H16F3N3O2S/c17-16(18,19)12-6-5-11(13(20)23)15(24)22(12)7-10-8-25-14(21-10)9-3-1-2-4-9/h5-6,8-9H,1-4,7H2,(H2,20,23). The Labute approximate surface area is 145 Å². The van der Waals surface area contributed by atoms with E-state index in [1.165, 1.54) is 11.3 Å². The highest BCUT2D eigenvalue weighted by Crippen LogP contribution is 2.36. The Morgan fingerprint density at radius 3 is 2.60 bits per heavy atom. The molecule has 1 amide bonds. The van der Waals surface area contributed by atoms with Gasteiger partial charge in [0.25, 0.3) is 11.5 Å². The van der Waals surface area contributed by atoms with E-state index in [1.807, 2.05) is 0 Å². The first-order chi connectivity index (χ1) is 11.8. The highest BCUT2D eigenvalue weighted by molar-refractivity contribution is 7.09. The van der Waals surface area contributed by atoms with Gasteiger partial charge in [-0.05, 0) is 25.0 Å². The second-order valence-electron chi connectivity index (χ2n) is 6.04. The Morgan fingerprint density at radius 2 is 2.00 bits per heavy atom. The van der Waals surface area contributed by atoms with Crippen molar-refractivity contribution in [1.82, 2.24) is 9.55 Å². The molecule has 1 aliphatic rings. The molecule has 0 atom stereocenters. The van der Waals surface area contributed by atoms with Gasteiger partial charge in [0.05, 0.1) is 17.2 Å². The highest BCUT2D eigenvalue weighted by atomic mass is 32.1. The zero-order chi connectivity index (χ0) is 18.2. The van der Waals surface area contributed by atoms with Crippen LogP contribution >= 0.6 is 11.3 Å². The number of aromatic nitrogens is 2. The number of nitrogens with zero attached hydrogens (tertiary/aromatic N) is 2. The first-order valence-electron chi connectivity index (χ1n) is 7.82. The number of halogens is 3. The van der Waals surface area contributed by atoms with E-state index in [0.29, 0.717) is 22.2 Å². The molecule has 2 N–H and O–H groups in total. The summed E-state index contributed by atoms with van der Waals surface area (Å²) >= 11 is 1.40. The van der Waals surface area contributed by atoms with Crippen LogP contribution in [0.5, 0.6) is 0 Å². The molecule has 1 saturated carbocycles. The molecule has 3 rings (SSSR count). The number of carbonyl (C=O) groups excluding carboxylic acids is 1. The van der Waals surface area contributed by atoms with Gasteiger partial charge in [-0.15, -0.1) is 11.3 Å². The van der Waals surface area contributed by atoms with Crippen molar-refractivity contribution in [3.8, 4) is 0 Å². The lowest BCUT2D eigenvalue weighted by molar-refractivity contribution is -0.144. The lowest BCUT2D eigenvalue weighted by atomic mass is 10.1. The van der Waals surface area contributed by atoms with Crippen molar-refractivity contribution in [2.24, 2.45) is 5.73 Å². The highest BCUT2D eigenvalue weighted by Gasteiger charge is 2.35. The van der Waals surface area contributed by atoms with Crippen LogP contribution in [0.15, 0.2) is 22.3 Å². The third-order valence-electron chi connectivity index (χ3n) is 4.32. The number of hydrogen-bond donors (Lipinski definition) is 1. The van der Waals surface area contributed by atoms with Gasteiger partial charge in [0.15, 0.2) is 0 Å². The molecular weight excluding hydrogens is 355 g/mol. The average molecular weight is 371 g/mol. The normalized spacial score (nSPS) is 15.6. The molecule has 0 unspecified atom stereocenters. The molecule has 25 heavy (non-hydrogen) atoms. The predicted molar refractivity (Wildman–Crippen MR) is 86.6 cm³/mol. The number of pyridine rings is 1. The fourth-order valence-electron chi connectivity index (χ4n) is 3.09. The summed E-state index contributed by atoms with van der Waals surface area (Å²) in [5.41, 5.74) is 2.79. The van der Waals surface area contributed by atoms with Crippen molar-refractivity contribution in [1.29, 1.82) is 0 Å². The number of primary amides is 1. The number of amides is 1. The van der Waals surface area contributed by atoms with Gasteiger partial charge in [-0.25, -0.2) is 4.98 Å². The Hall–Kier alpha value is -2.16. The summed E-state index contributed by atoms with van der Waals surface area (Å²) in [6.07, 6.45) is -0.425. The van der Waals surface area contributed by atoms with Crippen LogP contribution in [0.2, 0.25) is 0 Å². The number of carbonyl (C=O) groups is 1. The van der Waals surface area contributed by atoms with E-state index in [1.54, 1.807) is 5.38 Å². The second-order valence-corrected chi connectivity index (χ2v) is 6.93. The van der Waals surface area contributed by atoms with Gasteiger partial charge in [0.1, 0.15) is 11.3 Å². The van der Waals surface area contributed by atoms with E-state index in [0.717, 1.165) is 36.8 Å². The summed E-state index contributed by atoms with van der Waals surface area (Å²) in [5.74, 6) is -0.716. The first kappa shape index (κ1) is 17.7. The van der Waals surface area contributed by atoms with Crippen LogP contribution in [0.25, 0.3) is 0 Å². The Morgan fingerprint density at radius 1 is 1.32 bits per heavy atom. The maximum Gasteiger partial charge on any atom is 0.431 e. The quantitative estimate of drug-likeness (QED) is 0.897. The van der Waals surface area contributed by atoms with E-state index in [2.05, 4.69) is 4.98 Å².